The highest BCUT2D eigenvalue weighted by molar-refractivity contribution is 7.98. The standard InChI is InChI=1S/C10H10N2O2S/c13-6-8-4-11-10(12-5-8)15-7-9-2-1-3-14-9/h1-5,13H,6-7H2. The van der Waals surface area contributed by atoms with Crippen molar-refractivity contribution in [2.75, 3.05) is 0 Å². The molecule has 2 aromatic heterocycles. The Balaban J connectivity index is 1.93. The van der Waals surface area contributed by atoms with E-state index in [1.165, 1.54) is 11.8 Å². The van der Waals surface area contributed by atoms with Crippen molar-refractivity contribution in [2.45, 2.75) is 17.5 Å². The number of nitrogens with zero attached hydrogens (tertiary/aromatic N) is 2. The summed E-state index contributed by atoms with van der Waals surface area (Å²) in [6, 6.07) is 3.76. The number of aliphatic hydroxyl groups is 1. The minimum atomic E-state index is -0.0247. The van der Waals surface area contributed by atoms with Gasteiger partial charge in [-0.05, 0) is 12.1 Å². The minimum absolute atomic E-state index is 0.0247. The average molecular weight is 222 g/mol. The van der Waals surface area contributed by atoms with Crippen LogP contribution in [0.15, 0.2) is 40.4 Å². The van der Waals surface area contributed by atoms with Gasteiger partial charge in [-0.2, -0.15) is 0 Å². The van der Waals surface area contributed by atoms with Gasteiger partial charge in [-0.25, -0.2) is 9.97 Å². The largest absolute Gasteiger partial charge is 0.468 e. The summed E-state index contributed by atoms with van der Waals surface area (Å²) in [6.45, 7) is -0.0247. The predicted octanol–water partition coefficient (Wildman–Crippen LogP) is 1.85. The number of thioether (sulfide) groups is 1. The molecule has 0 aliphatic rings. The van der Waals surface area contributed by atoms with Gasteiger partial charge in [-0.3, -0.25) is 0 Å². The molecule has 1 N–H and O–H groups in total. The molecule has 15 heavy (non-hydrogen) atoms. The van der Waals surface area contributed by atoms with Gasteiger partial charge in [0.15, 0.2) is 5.16 Å². The smallest absolute Gasteiger partial charge is 0.187 e. The highest BCUT2D eigenvalue weighted by atomic mass is 32.2. The summed E-state index contributed by atoms with van der Waals surface area (Å²) in [5, 5.41) is 9.49. The Kier molecular flexibility index (Phi) is 3.37. The molecule has 2 aromatic rings. The maximum Gasteiger partial charge on any atom is 0.187 e. The molecule has 0 saturated carbocycles. The molecule has 0 aromatic carbocycles. The average Bonchev–Trinajstić information content (AvgIpc) is 2.80. The SMILES string of the molecule is OCc1cnc(SCc2ccco2)nc1. The molecule has 0 unspecified atom stereocenters. The monoisotopic (exact) mass is 222 g/mol. The third kappa shape index (κ3) is 2.81. The van der Waals surface area contributed by atoms with Gasteiger partial charge in [0.25, 0.3) is 0 Å². The summed E-state index contributed by atoms with van der Waals surface area (Å²) in [6.07, 6.45) is 4.89. The maximum atomic E-state index is 8.81. The zero-order valence-electron chi connectivity index (χ0n) is 7.96. The Bertz CT molecular complexity index is 400. The summed E-state index contributed by atoms with van der Waals surface area (Å²) in [4.78, 5) is 8.20. The van der Waals surface area contributed by atoms with Crippen LogP contribution in [0.4, 0.5) is 0 Å². The van der Waals surface area contributed by atoms with Gasteiger partial charge in [-0.1, -0.05) is 11.8 Å². The number of furan rings is 1. The van der Waals surface area contributed by atoms with E-state index in [9.17, 15) is 0 Å². The van der Waals surface area contributed by atoms with Crippen molar-refractivity contribution < 1.29 is 9.52 Å². The molecule has 5 heteroatoms. The molecule has 0 spiro atoms. The van der Waals surface area contributed by atoms with Crippen molar-refractivity contribution in [3.05, 3.63) is 42.1 Å². The molecular weight excluding hydrogens is 212 g/mol. The van der Waals surface area contributed by atoms with E-state index in [0.717, 1.165) is 11.3 Å². The lowest BCUT2D eigenvalue weighted by Gasteiger charge is -1.98. The lowest BCUT2D eigenvalue weighted by molar-refractivity contribution is 0.280. The highest BCUT2D eigenvalue weighted by Gasteiger charge is 2.01. The van der Waals surface area contributed by atoms with Crippen molar-refractivity contribution in [1.29, 1.82) is 0 Å². The van der Waals surface area contributed by atoms with Gasteiger partial charge < -0.3 is 9.52 Å². The lowest BCUT2D eigenvalue weighted by atomic mass is 10.4. The molecule has 0 bridgehead atoms. The molecule has 0 radical (unpaired) electrons. The first kappa shape index (κ1) is 10.2. The van der Waals surface area contributed by atoms with Gasteiger partial charge in [-0.15, -0.1) is 0 Å². The van der Waals surface area contributed by atoms with Gasteiger partial charge in [0.2, 0.25) is 0 Å². The second-order valence-corrected chi connectivity index (χ2v) is 3.84. The van der Waals surface area contributed by atoms with E-state index in [1.54, 1.807) is 18.7 Å². The molecule has 4 nitrogen and oxygen atoms in total. The number of aromatic nitrogens is 2. The van der Waals surface area contributed by atoms with E-state index >= 15 is 0 Å². The van der Waals surface area contributed by atoms with Crippen molar-refractivity contribution in [1.82, 2.24) is 9.97 Å². The Labute approximate surface area is 91.4 Å². The summed E-state index contributed by atoms with van der Waals surface area (Å²) < 4.78 is 5.18. The molecule has 2 heterocycles. The van der Waals surface area contributed by atoms with Crippen LogP contribution in [0.3, 0.4) is 0 Å². The molecule has 2 rings (SSSR count). The fraction of sp³-hybridized carbons (Fsp3) is 0.200. The molecule has 0 amide bonds. The number of aliphatic hydroxyl groups excluding tert-OH is 1. The molecule has 0 aliphatic heterocycles. The van der Waals surface area contributed by atoms with Crippen LogP contribution in [0, 0.1) is 0 Å². The van der Waals surface area contributed by atoms with Gasteiger partial charge in [0.05, 0.1) is 18.6 Å². The highest BCUT2D eigenvalue weighted by Crippen LogP contribution is 2.18. The van der Waals surface area contributed by atoms with Crippen LogP contribution in [0.25, 0.3) is 0 Å². The number of hydrogen-bond donors (Lipinski definition) is 1. The zero-order chi connectivity index (χ0) is 10.5. The Morgan fingerprint density at radius 3 is 2.73 bits per heavy atom. The first-order chi connectivity index (χ1) is 7.38. The fourth-order valence-electron chi connectivity index (χ4n) is 1.03. The minimum Gasteiger partial charge on any atom is -0.468 e. The molecular formula is C10H10N2O2S. The summed E-state index contributed by atoms with van der Waals surface area (Å²) in [7, 11) is 0. The van der Waals surface area contributed by atoms with Crippen LogP contribution >= 0.6 is 11.8 Å². The van der Waals surface area contributed by atoms with E-state index < -0.39 is 0 Å². The van der Waals surface area contributed by atoms with Gasteiger partial charge >= 0.3 is 0 Å². The fourth-order valence-corrected chi connectivity index (χ4v) is 1.72. The van der Waals surface area contributed by atoms with E-state index in [4.69, 9.17) is 9.52 Å². The molecule has 0 saturated heterocycles. The van der Waals surface area contributed by atoms with Crippen LogP contribution in [0.2, 0.25) is 0 Å². The first-order valence-corrected chi connectivity index (χ1v) is 5.44. The van der Waals surface area contributed by atoms with E-state index in [2.05, 4.69) is 9.97 Å². The van der Waals surface area contributed by atoms with Crippen LogP contribution in [0.1, 0.15) is 11.3 Å². The van der Waals surface area contributed by atoms with Crippen molar-refractivity contribution >= 4 is 11.8 Å². The van der Waals surface area contributed by atoms with Crippen LogP contribution in [-0.2, 0) is 12.4 Å². The third-order valence-electron chi connectivity index (χ3n) is 1.79. The predicted molar refractivity (Wildman–Crippen MR) is 56.2 cm³/mol. The van der Waals surface area contributed by atoms with Crippen LogP contribution in [0.5, 0.6) is 0 Å². The van der Waals surface area contributed by atoms with E-state index in [0.29, 0.717) is 10.9 Å². The number of rotatable bonds is 4. The van der Waals surface area contributed by atoms with Crippen molar-refractivity contribution in [2.24, 2.45) is 0 Å². The summed E-state index contributed by atoms with van der Waals surface area (Å²) in [5.74, 6) is 1.61. The second-order valence-electron chi connectivity index (χ2n) is 2.90. The van der Waals surface area contributed by atoms with Gasteiger partial charge in [0, 0.05) is 18.0 Å². The van der Waals surface area contributed by atoms with Gasteiger partial charge in [0.1, 0.15) is 5.76 Å². The molecule has 0 atom stereocenters. The molecule has 0 fully saturated rings. The number of hydrogen-bond acceptors (Lipinski definition) is 5. The van der Waals surface area contributed by atoms with E-state index in [-0.39, 0.29) is 6.61 Å². The molecule has 78 valence electrons. The van der Waals surface area contributed by atoms with Crippen molar-refractivity contribution in [3.63, 3.8) is 0 Å². The summed E-state index contributed by atoms with van der Waals surface area (Å²) in [5.41, 5.74) is 0.720. The van der Waals surface area contributed by atoms with E-state index in [1.807, 2.05) is 12.1 Å². The van der Waals surface area contributed by atoms with Crippen molar-refractivity contribution in [3.8, 4) is 0 Å². The third-order valence-corrected chi connectivity index (χ3v) is 2.69. The lowest BCUT2D eigenvalue weighted by Crippen LogP contribution is -1.90. The Morgan fingerprint density at radius 2 is 2.13 bits per heavy atom. The second kappa shape index (κ2) is 4.95. The topological polar surface area (TPSA) is 59.2 Å². The Hall–Kier alpha value is -1.33. The normalized spacial score (nSPS) is 10.5. The molecule has 0 aliphatic carbocycles. The Morgan fingerprint density at radius 1 is 1.33 bits per heavy atom. The van der Waals surface area contributed by atoms with Crippen LogP contribution in [-0.4, -0.2) is 15.1 Å². The first-order valence-electron chi connectivity index (χ1n) is 4.45. The zero-order valence-corrected chi connectivity index (χ0v) is 8.78. The summed E-state index contributed by atoms with van der Waals surface area (Å²) >= 11 is 1.50. The quantitative estimate of drug-likeness (QED) is 0.632. The maximum absolute atomic E-state index is 8.81. The van der Waals surface area contributed by atoms with Crippen LogP contribution < -0.4 is 0 Å².